The highest BCUT2D eigenvalue weighted by molar-refractivity contribution is 5.95. The van der Waals surface area contributed by atoms with Crippen molar-refractivity contribution in [2.24, 2.45) is 11.8 Å². The Morgan fingerprint density at radius 1 is 1.13 bits per heavy atom. The smallest absolute Gasteiger partial charge is 0.370 e. The van der Waals surface area contributed by atoms with Gasteiger partial charge in [0.1, 0.15) is 11.6 Å². The van der Waals surface area contributed by atoms with Gasteiger partial charge < -0.3 is 14.4 Å². The van der Waals surface area contributed by atoms with Crippen LogP contribution in [0.3, 0.4) is 0 Å². The lowest BCUT2D eigenvalue weighted by molar-refractivity contribution is -0.148. The van der Waals surface area contributed by atoms with E-state index in [1.165, 1.54) is 6.20 Å². The number of carbonyl (C=O) groups is 1. The topological polar surface area (TPSA) is 90.9 Å². The zero-order valence-corrected chi connectivity index (χ0v) is 20.7. The number of fused-ring (bicyclic) bond motifs is 2. The van der Waals surface area contributed by atoms with Crippen molar-refractivity contribution in [3.8, 4) is 6.07 Å². The monoisotopic (exact) mass is 527 g/mol. The number of alkyl halides is 3. The molecule has 6 rings (SSSR count). The minimum absolute atomic E-state index is 0.0148. The third-order valence-corrected chi connectivity index (χ3v) is 7.97. The molecule has 0 radical (unpaired) electrons. The van der Waals surface area contributed by atoms with Crippen LogP contribution in [0, 0.1) is 29.0 Å². The molecule has 3 aromatic rings. The molecule has 3 aliphatic rings. The highest BCUT2D eigenvalue weighted by Crippen LogP contribution is 2.44. The van der Waals surface area contributed by atoms with Crippen molar-refractivity contribution in [2.75, 3.05) is 24.5 Å². The molecule has 8 nitrogen and oxygen atoms in total. The summed E-state index contributed by atoms with van der Waals surface area (Å²) >= 11 is 0. The molecule has 38 heavy (non-hydrogen) atoms. The summed E-state index contributed by atoms with van der Waals surface area (Å²) in [5.41, 5.74) is 1.90. The van der Waals surface area contributed by atoms with Crippen LogP contribution in [0.1, 0.15) is 54.9 Å². The Balaban J connectivity index is 1.22. The number of aromatic nitrogens is 4. The van der Waals surface area contributed by atoms with E-state index >= 15 is 4.39 Å². The van der Waals surface area contributed by atoms with Gasteiger partial charge in [0, 0.05) is 43.7 Å². The molecule has 4 heterocycles. The Morgan fingerprint density at radius 3 is 2.61 bits per heavy atom. The van der Waals surface area contributed by atoms with E-state index in [1.807, 2.05) is 17.9 Å². The lowest BCUT2D eigenvalue weighted by atomic mass is 9.85. The molecular formula is C26H25F4N7O. The van der Waals surface area contributed by atoms with Crippen LogP contribution in [0.2, 0.25) is 0 Å². The fraction of sp³-hybridized carbons (Fsp3) is 0.500. The van der Waals surface area contributed by atoms with Crippen LogP contribution in [0.4, 0.5) is 23.2 Å². The highest BCUT2D eigenvalue weighted by atomic mass is 19.4. The van der Waals surface area contributed by atoms with Crippen molar-refractivity contribution in [3.05, 3.63) is 46.9 Å². The second kappa shape index (κ2) is 8.92. The highest BCUT2D eigenvalue weighted by Gasteiger charge is 2.41. The molecule has 0 N–H and O–H groups in total. The number of hydrogen-bond donors (Lipinski definition) is 0. The molecule has 0 spiro atoms. The molecule has 12 heteroatoms. The quantitative estimate of drug-likeness (QED) is 0.474. The average Bonchev–Trinajstić information content (AvgIpc) is 3.64. The van der Waals surface area contributed by atoms with Gasteiger partial charge in [0.25, 0.3) is 0 Å². The van der Waals surface area contributed by atoms with Crippen molar-refractivity contribution in [1.29, 1.82) is 5.26 Å². The summed E-state index contributed by atoms with van der Waals surface area (Å²) in [4.78, 5) is 21.3. The van der Waals surface area contributed by atoms with Gasteiger partial charge in [-0.1, -0.05) is 19.1 Å². The molecule has 1 saturated heterocycles. The predicted molar refractivity (Wildman–Crippen MR) is 128 cm³/mol. The molecule has 1 aromatic carbocycles. The van der Waals surface area contributed by atoms with E-state index in [0.717, 1.165) is 17.4 Å². The predicted octanol–water partition coefficient (Wildman–Crippen LogP) is 4.24. The number of benzene rings is 1. The van der Waals surface area contributed by atoms with Gasteiger partial charge in [-0.05, 0) is 36.7 Å². The summed E-state index contributed by atoms with van der Waals surface area (Å²) < 4.78 is 55.8. The van der Waals surface area contributed by atoms with Crippen LogP contribution in [-0.2, 0) is 24.1 Å². The minimum Gasteiger partial charge on any atom is -0.370 e. The lowest BCUT2D eigenvalue weighted by Gasteiger charge is -2.40. The van der Waals surface area contributed by atoms with Gasteiger partial charge in [0.2, 0.25) is 11.7 Å². The maximum atomic E-state index is 15.3. The molecule has 0 bridgehead atoms. The fourth-order valence-electron chi connectivity index (χ4n) is 5.87. The molecule has 2 aliphatic heterocycles. The first-order chi connectivity index (χ1) is 18.2. The van der Waals surface area contributed by atoms with Gasteiger partial charge >= 0.3 is 6.18 Å². The van der Waals surface area contributed by atoms with Gasteiger partial charge in [-0.25, -0.2) is 4.39 Å². The van der Waals surface area contributed by atoms with Crippen molar-refractivity contribution >= 4 is 22.5 Å². The summed E-state index contributed by atoms with van der Waals surface area (Å²) in [6.07, 6.45) is -0.764. The van der Waals surface area contributed by atoms with Crippen LogP contribution < -0.4 is 4.90 Å². The van der Waals surface area contributed by atoms with Crippen LogP contribution in [0.15, 0.2) is 18.3 Å². The first-order valence-corrected chi connectivity index (χ1v) is 12.7. The number of hydrogen-bond acceptors (Lipinski definition) is 6. The molecule has 2 aromatic heterocycles. The number of carbonyl (C=O) groups excluding carboxylic acids is 1. The second-order valence-corrected chi connectivity index (χ2v) is 10.4. The number of rotatable bonds is 3. The number of pyridine rings is 1. The Kier molecular flexibility index (Phi) is 5.77. The molecule has 2 fully saturated rings. The van der Waals surface area contributed by atoms with Crippen LogP contribution in [0.25, 0.3) is 10.9 Å². The van der Waals surface area contributed by atoms with Crippen molar-refractivity contribution in [1.82, 2.24) is 24.6 Å². The van der Waals surface area contributed by atoms with Crippen molar-refractivity contribution in [2.45, 2.75) is 51.4 Å². The van der Waals surface area contributed by atoms with E-state index in [1.54, 1.807) is 11.0 Å². The average molecular weight is 528 g/mol. The lowest BCUT2D eigenvalue weighted by Crippen LogP contribution is -2.49. The van der Waals surface area contributed by atoms with E-state index in [9.17, 15) is 23.2 Å². The number of amides is 1. The first-order valence-electron chi connectivity index (χ1n) is 12.7. The Bertz CT molecular complexity index is 1470. The fourth-order valence-corrected chi connectivity index (χ4v) is 5.87. The zero-order chi connectivity index (χ0) is 26.8. The van der Waals surface area contributed by atoms with E-state index in [-0.39, 0.29) is 60.5 Å². The molecule has 198 valence electrons. The largest absolute Gasteiger partial charge is 0.451 e. The summed E-state index contributed by atoms with van der Waals surface area (Å²) in [5, 5.41) is 17.3. The normalized spacial score (nSPS) is 21.9. The van der Waals surface area contributed by atoms with E-state index in [4.69, 9.17) is 0 Å². The van der Waals surface area contributed by atoms with Crippen molar-refractivity contribution in [3.63, 3.8) is 0 Å². The van der Waals surface area contributed by atoms with E-state index < -0.39 is 12.0 Å². The van der Waals surface area contributed by atoms with Gasteiger partial charge in [-0.15, -0.1) is 10.2 Å². The van der Waals surface area contributed by atoms with Crippen LogP contribution >= 0.6 is 0 Å². The van der Waals surface area contributed by atoms with Crippen LogP contribution in [-0.4, -0.2) is 50.2 Å². The number of nitriles is 1. The Hall–Kier alpha value is -3.75. The van der Waals surface area contributed by atoms with Gasteiger partial charge in [0.05, 0.1) is 17.8 Å². The Morgan fingerprint density at radius 2 is 1.92 bits per heavy atom. The number of piperidine rings is 1. The summed E-state index contributed by atoms with van der Waals surface area (Å²) in [6, 6.07) is 5.82. The maximum Gasteiger partial charge on any atom is 0.451 e. The summed E-state index contributed by atoms with van der Waals surface area (Å²) in [5.74, 6) is -1.59. The van der Waals surface area contributed by atoms with Crippen molar-refractivity contribution < 1.29 is 22.4 Å². The molecule has 2 unspecified atom stereocenters. The number of anilines is 1. The standard InChI is InChI=1S/C26H25F4N7O/c1-14-12-35(23-16(10-31)11-32-22-19(23)5-4-18(21(22)27)15-2-3-15)7-6-17(14)24(38)36-8-9-37-20(13-36)33-34-25(37)26(28,29)30/h4-5,11,14-15,17H,2-3,6-9,12-13H2,1H3. The maximum absolute atomic E-state index is 15.3. The van der Waals surface area contributed by atoms with E-state index in [2.05, 4.69) is 21.3 Å². The second-order valence-electron chi connectivity index (χ2n) is 10.4. The summed E-state index contributed by atoms with van der Waals surface area (Å²) in [7, 11) is 0. The van der Waals surface area contributed by atoms with Gasteiger partial charge in [0.15, 0.2) is 11.6 Å². The summed E-state index contributed by atoms with van der Waals surface area (Å²) in [6.45, 7) is 3.01. The van der Waals surface area contributed by atoms with Crippen LogP contribution in [0.5, 0.6) is 0 Å². The number of halogens is 4. The first kappa shape index (κ1) is 24.6. The number of nitrogens with zero attached hydrogens (tertiary/aromatic N) is 7. The molecule has 2 atom stereocenters. The minimum atomic E-state index is -4.60. The van der Waals surface area contributed by atoms with E-state index in [0.29, 0.717) is 41.7 Å². The van der Waals surface area contributed by atoms with Gasteiger partial charge in [-0.3, -0.25) is 9.78 Å². The molecular weight excluding hydrogens is 502 g/mol. The zero-order valence-electron chi connectivity index (χ0n) is 20.7. The van der Waals surface area contributed by atoms with Gasteiger partial charge in [-0.2, -0.15) is 18.4 Å². The Labute approximate surface area is 215 Å². The molecule has 1 aliphatic carbocycles. The third kappa shape index (κ3) is 4.04. The third-order valence-electron chi connectivity index (χ3n) is 7.97. The molecule has 1 amide bonds. The SMILES string of the molecule is CC1CN(c2c(C#N)cnc3c(F)c(C4CC4)ccc23)CCC1C(=O)N1CCn2c(nnc2C(F)(F)F)C1. The molecule has 1 saturated carbocycles.